The van der Waals surface area contributed by atoms with Gasteiger partial charge in [-0.3, -0.25) is 4.57 Å². The van der Waals surface area contributed by atoms with Crippen molar-refractivity contribution in [1.29, 1.82) is 0 Å². The molecule has 2 aromatic heterocycles. The minimum Gasteiger partial charge on any atom is -0.382 e. The van der Waals surface area contributed by atoms with Crippen LogP contribution in [-0.2, 0) is 25.1 Å². The maximum Gasteiger partial charge on any atom is 0.353 e. The van der Waals surface area contributed by atoms with Crippen molar-refractivity contribution < 1.29 is 23.5 Å². The molecule has 1 fully saturated rings. The highest BCUT2D eigenvalue weighted by atomic mass is 31.2. The van der Waals surface area contributed by atoms with Crippen LogP contribution in [0.25, 0.3) is 11.2 Å². The maximum atomic E-state index is 12.3. The Labute approximate surface area is 245 Å². The number of aromatic nitrogens is 4. The second-order valence-corrected chi connectivity index (χ2v) is 12.9. The fraction of sp³-hybridized carbons (Fsp3) is 0.767. The number of hydrogen-bond acceptors (Lipinski definition) is 8. The van der Waals surface area contributed by atoms with Crippen LogP contribution in [0.3, 0.4) is 0 Å². The first-order valence-corrected chi connectivity index (χ1v) is 17.3. The van der Waals surface area contributed by atoms with Gasteiger partial charge in [-0.05, 0) is 32.6 Å². The van der Waals surface area contributed by atoms with Gasteiger partial charge in [-0.1, -0.05) is 70.1 Å². The van der Waals surface area contributed by atoms with E-state index >= 15 is 0 Å². The molecule has 11 heteroatoms. The molecular formula is C30H50N5O5P. The van der Waals surface area contributed by atoms with Crippen LogP contribution < -0.4 is 5.73 Å². The number of fused-ring (bicyclic) bond motifs is 1. The van der Waals surface area contributed by atoms with Gasteiger partial charge in [0, 0.05) is 18.9 Å². The molecule has 10 nitrogen and oxygen atoms in total. The van der Waals surface area contributed by atoms with E-state index in [0.717, 1.165) is 19.3 Å². The molecule has 0 amide bonds. The van der Waals surface area contributed by atoms with Crippen molar-refractivity contribution in [3.05, 3.63) is 12.7 Å². The summed E-state index contributed by atoms with van der Waals surface area (Å²) in [4.78, 5) is 22.4. The van der Waals surface area contributed by atoms with Crippen LogP contribution in [0, 0.1) is 17.8 Å². The smallest absolute Gasteiger partial charge is 0.353 e. The van der Waals surface area contributed by atoms with E-state index in [1.54, 1.807) is 17.8 Å². The van der Waals surface area contributed by atoms with E-state index in [1.165, 1.54) is 83.4 Å². The quantitative estimate of drug-likeness (QED) is 0.101. The molecule has 0 spiro atoms. The number of nitrogen functional groups attached to an aromatic ring is 1. The zero-order valence-electron chi connectivity index (χ0n) is 24.8. The van der Waals surface area contributed by atoms with E-state index in [2.05, 4.69) is 26.8 Å². The van der Waals surface area contributed by atoms with E-state index < -0.39 is 13.9 Å². The molecule has 0 radical (unpaired) electrons. The van der Waals surface area contributed by atoms with E-state index in [9.17, 15) is 9.46 Å². The van der Waals surface area contributed by atoms with Gasteiger partial charge in [0.1, 0.15) is 18.2 Å². The van der Waals surface area contributed by atoms with Gasteiger partial charge in [0.15, 0.2) is 11.5 Å². The maximum absolute atomic E-state index is 12.3. The van der Waals surface area contributed by atoms with E-state index in [4.69, 9.17) is 19.7 Å². The highest BCUT2D eigenvalue weighted by Gasteiger charge is 2.22. The Balaban J connectivity index is 1.09. The number of imidazole rings is 1. The van der Waals surface area contributed by atoms with Gasteiger partial charge < -0.3 is 29.2 Å². The zero-order chi connectivity index (χ0) is 29.2. The number of ether oxygens (including phenoxy) is 2. The van der Waals surface area contributed by atoms with E-state index in [-0.39, 0.29) is 19.3 Å². The zero-order valence-corrected chi connectivity index (χ0v) is 25.7. The van der Waals surface area contributed by atoms with Crippen molar-refractivity contribution in [3.63, 3.8) is 0 Å². The van der Waals surface area contributed by atoms with Crippen molar-refractivity contribution >= 4 is 24.6 Å². The summed E-state index contributed by atoms with van der Waals surface area (Å²) < 4.78 is 30.3. The lowest BCUT2D eigenvalue weighted by atomic mass is 9.90. The summed E-state index contributed by atoms with van der Waals surface area (Å²) in [6.07, 6.45) is 21.2. The van der Waals surface area contributed by atoms with Gasteiger partial charge in [0.25, 0.3) is 0 Å². The van der Waals surface area contributed by atoms with Crippen molar-refractivity contribution in [3.8, 4) is 11.8 Å². The van der Waals surface area contributed by atoms with Crippen LogP contribution in [0.15, 0.2) is 12.7 Å². The minimum absolute atomic E-state index is 0.0556. The van der Waals surface area contributed by atoms with E-state index in [1.807, 2.05) is 0 Å². The van der Waals surface area contributed by atoms with Gasteiger partial charge in [-0.25, -0.2) is 15.0 Å². The van der Waals surface area contributed by atoms with Crippen LogP contribution in [0.5, 0.6) is 0 Å². The Kier molecular flexibility index (Phi) is 15.7. The van der Waals surface area contributed by atoms with Crippen molar-refractivity contribution in [2.45, 2.75) is 116 Å². The Bertz CT molecular complexity index is 1110. The molecular weight excluding hydrogens is 541 g/mol. The van der Waals surface area contributed by atoms with Gasteiger partial charge in [0.2, 0.25) is 0 Å². The monoisotopic (exact) mass is 591 g/mol. The van der Waals surface area contributed by atoms with Crippen LogP contribution in [0.4, 0.5) is 5.82 Å². The number of nitrogens with zero attached hydrogens (tertiary/aromatic N) is 4. The molecule has 2 heterocycles. The molecule has 41 heavy (non-hydrogen) atoms. The standard InChI is InChI=1S/C30H50N5O5P/c1-26(22-35-24-34-28-29(31)32-23-33-30(28)35)39-25-41(36,37)40-21-20-38-19-15-10-8-6-4-2-3-5-7-9-12-16-27-17-13-11-14-18-27/h23-24,26-27H,2-11,13-15,17-22,25H2,1H3,(H,36,37)(H2,31,32,33)/t26-/m1/s1. The Morgan fingerprint density at radius 3 is 2.46 bits per heavy atom. The van der Waals surface area contributed by atoms with Gasteiger partial charge >= 0.3 is 7.60 Å². The molecule has 3 N–H and O–H groups in total. The molecule has 0 aromatic carbocycles. The summed E-state index contributed by atoms with van der Waals surface area (Å²) in [6.45, 7) is 3.18. The molecule has 1 saturated carbocycles. The molecule has 1 aliphatic rings. The van der Waals surface area contributed by atoms with E-state index in [0.29, 0.717) is 36.1 Å². The summed E-state index contributed by atoms with van der Waals surface area (Å²) in [5.74, 6) is 7.90. The first-order chi connectivity index (χ1) is 19.9. The summed E-state index contributed by atoms with van der Waals surface area (Å²) in [5, 5.41) is 0. The van der Waals surface area contributed by atoms with Gasteiger partial charge in [-0.2, -0.15) is 0 Å². The molecule has 0 bridgehead atoms. The summed E-state index contributed by atoms with van der Waals surface area (Å²) >= 11 is 0. The lowest BCUT2D eigenvalue weighted by Gasteiger charge is -2.17. The molecule has 1 aliphatic carbocycles. The largest absolute Gasteiger partial charge is 0.382 e. The fourth-order valence-electron chi connectivity index (χ4n) is 5.08. The fourth-order valence-corrected chi connectivity index (χ4v) is 5.96. The summed E-state index contributed by atoms with van der Waals surface area (Å²) in [6, 6.07) is 0. The number of anilines is 1. The van der Waals surface area contributed by atoms with Gasteiger partial charge in [-0.15, -0.1) is 5.92 Å². The molecule has 230 valence electrons. The highest BCUT2D eigenvalue weighted by molar-refractivity contribution is 7.52. The Morgan fingerprint density at radius 1 is 1.00 bits per heavy atom. The van der Waals surface area contributed by atoms with Crippen LogP contribution in [0.2, 0.25) is 0 Å². The number of unbranched alkanes of at least 4 members (excludes halogenated alkanes) is 9. The normalized spacial score (nSPS) is 16.3. The third kappa shape index (κ3) is 13.7. The van der Waals surface area contributed by atoms with Crippen LogP contribution >= 0.6 is 7.60 Å². The number of hydrogen-bond donors (Lipinski definition) is 2. The number of rotatable bonds is 20. The predicted molar refractivity (Wildman–Crippen MR) is 162 cm³/mol. The molecule has 2 aromatic rings. The second kappa shape index (κ2) is 19.2. The van der Waals surface area contributed by atoms with Crippen molar-refractivity contribution in [2.24, 2.45) is 5.92 Å². The summed E-state index contributed by atoms with van der Waals surface area (Å²) in [7, 11) is -3.87. The molecule has 0 saturated heterocycles. The first kappa shape index (κ1) is 33.5. The molecule has 1 unspecified atom stereocenters. The van der Waals surface area contributed by atoms with Gasteiger partial charge in [0.05, 0.1) is 32.2 Å². The Hall–Kier alpha value is -2.02. The minimum atomic E-state index is -3.87. The predicted octanol–water partition coefficient (Wildman–Crippen LogP) is 6.47. The molecule has 3 rings (SSSR count). The molecule has 2 atom stereocenters. The highest BCUT2D eigenvalue weighted by Crippen LogP contribution is 2.41. The van der Waals surface area contributed by atoms with Crippen LogP contribution in [-0.4, -0.2) is 56.7 Å². The lowest BCUT2D eigenvalue weighted by molar-refractivity contribution is 0.0610. The first-order valence-electron chi connectivity index (χ1n) is 15.5. The van der Waals surface area contributed by atoms with Crippen molar-refractivity contribution in [1.82, 2.24) is 19.5 Å². The third-order valence-electron chi connectivity index (χ3n) is 7.43. The topological polar surface area (TPSA) is 135 Å². The SMILES string of the molecule is C[C@H](Cn1cnc2c(N)ncnc21)OCP(=O)(O)OCCOCCCCCCCCCCCC#CC1CCCCC1. The second-order valence-electron chi connectivity index (χ2n) is 11.1. The molecule has 0 aliphatic heterocycles. The lowest BCUT2D eigenvalue weighted by Crippen LogP contribution is -2.18. The van der Waals surface area contributed by atoms with Crippen LogP contribution in [0.1, 0.15) is 103 Å². The Morgan fingerprint density at radius 2 is 1.71 bits per heavy atom. The van der Waals surface area contributed by atoms with Crippen molar-refractivity contribution in [2.75, 3.05) is 31.9 Å². The number of nitrogens with two attached hydrogens (primary N) is 1. The average molecular weight is 592 g/mol. The average Bonchev–Trinajstić information content (AvgIpc) is 3.38. The summed E-state index contributed by atoms with van der Waals surface area (Å²) in [5.41, 5.74) is 6.91. The third-order valence-corrected chi connectivity index (χ3v) is 8.49.